The molecule has 1 unspecified atom stereocenters. The summed E-state index contributed by atoms with van der Waals surface area (Å²) in [6.45, 7) is 2.12. The summed E-state index contributed by atoms with van der Waals surface area (Å²) >= 11 is 5.93. The smallest absolute Gasteiger partial charge is 0.335 e. The van der Waals surface area contributed by atoms with E-state index < -0.39 is 23.7 Å². The molecule has 44 heavy (non-hydrogen) atoms. The van der Waals surface area contributed by atoms with Gasteiger partial charge < -0.3 is 10.0 Å². The minimum absolute atomic E-state index is 0.0295. The first-order chi connectivity index (χ1) is 21.2. The molecule has 3 heterocycles. The maximum absolute atomic E-state index is 14.7. The number of fused-ring (bicyclic) bond motifs is 1. The molecule has 0 bridgehead atoms. The van der Waals surface area contributed by atoms with Gasteiger partial charge in [0.05, 0.1) is 16.8 Å². The number of aryl methyl sites for hydroxylation is 1. The van der Waals surface area contributed by atoms with Gasteiger partial charge in [0.15, 0.2) is 17.3 Å². The molecule has 6 rings (SSSR count). The van der Waals surface area contributed by atoms with E-state index in [1.165, 1.54) is 35.4 Å². The van der Waals surface area contributed by atoms with Gasteiger partial charge in [-0.25, -0.2) is 13.9 Å². The summed E-state index contributed by atoms with van der Waals surface area (Å²) < 4.78 is 15.8. The van der Waals surface area contributed by atoms with Crippen molar-refractivity contribution in [3.05, 3.63) is 130 Å². The minimum Gasteiger partial charge on any atom is -0.478 e. The van der Waals surface area contributed by atoms with Crippen LogP contribution in [-0.4, -0.2) is 54.2 Å². The molecule has 1 N–H and O–H groups in total. The molecular weight excluding hydrogens is 585 g/mol. The van der Waals surface area contributed by atoms with Gasteiger partial charge in [-0.15, -0.1) is 5.10 Å². The number of pyridine rings is 1. The van der Waals surface area contributed by atoms with Crippen LogP contribution in [0.15, 0.2) is 85.2 Å². The lowest BCUT2D eigenvalue weighted by molar-refractivity contribution is -0.123. The summed E-state index contributed by atoms with van der Waals surface area (Å²) in [5, 5.41) is 17.1. The SMILES string of the molecule is Cc1ccc(-c2cccc3c2CCN(C(=O)c2cn(-c4cccc(Cl)c4F)nn2)C3C(=O)Cc2ccc(C(=O)O)cc2)cn1. The Hall–Kier alpha value is -5.22. The van der Waals surface area contributed by atoms with Gasteiger partial charge in [-0.05, 0) is 65.9 Å². The number of carboxylic acids is 1. The number of carboxylic acid groups (broad SMARTS) is 1. The van der Waals surface area contributed by atoms with Crippen LogP contribution in [0.3, 0.4) is 0 Å². The second-order valence-electron chi connectivity index (χ2n) is 10.5. The number of rotatable bonds is 7. The highest BCUT2D eigenvalue weighted by atomic mass is 35.5. The molecule has 0 fully saturated rings. The molecule has 1 aliphatic heterocycles. The summed E-state index contributed by atoms with van der Waals surface area (Å²) in [4.78, 5) is 45.2. The molecule has 0 aliphatic carbocycles. The van der Waals surface area contributed by atoms with E-state index in [9.17, 15) is 23.9 Å². The summed E-state index contributed by atoms with van der Waals surface area (Å²) in [5.74, 6) is -2.56. The Morgan fingerprint density at radius 2 is 1.80 bits per heavy atom. The Balaban J connectivity index is 1.38. The second kappa shape index (κ2) is 11.8. The van der Waals surface area contributed by atoms with E-state index in [-0.39, 0.29) is 40.7 Å². The Kier molecular flexibility index (Phi) is 7.75. The highest BCUT2D eigenvalue weighted by molar-refractivity contribution is 6.30. The number of hydrogen-bond acceptors (Lipinski definition) is 6. The number of aromatic nitrogens is 4. The van der Waals surface area contributed by atoms with Gasteiger partial charge in [-0.3, -0.25) is 14.6 Å². The van der Waals surface area contributed by atoms with Crippen molar-refractivity contribution in [3.63, 3.8) is 0 Å². The Morgan fingerprint density at radius 3 is 2.52 bits per heavy atom. The van der Waals surface area contributed by atoms with Gasteiger partial charge >= 0.3 is 5.97 Å². The highest BCUT2D eigenvalue weighted by Crippen LogP contribution is 2.38. The average molecular weight is 610 g/mol. The maximum atomic E-state index is 14.7. The van der Waals surface area contributed by atoms with Crippen molar-refractivity contribution < 1.29 is 23.9 Å². The molecule has 1 aliphatic rings. The third kappa shape index (κ3) is 5.47. The molecule has 1 amide bonds. The monoisotopic (exact) mass is 609 g/mol. The molecule has 1 atom stereocenters. The quantitative estimate of drug-likeness (QED) is 0.252. The Morgan fingerprint density at radius 1 is 1.02 bits per heavy atom. The number of carbonyl (C=O) groups is 3. The maximum Gasteiger partial charge on any atom is 0.335 e. The highest BCUT2D eigenvalue weighted by Gasteiger charge is 2.38. The molecular formula is C33H25ClFN5O4. The molecule has 220 valence electrons. The van der Waals surface area contributed by atoms with Crippen LogP contribution in [0.1, 0.15) is 49.3 Å². The lowest BCUT2D eigenvalue weighted by Gasteiger charge is -2.37. The van der Waals surface area contributed by atoms with Crippen molar-refractivity contribution in [3.8, 4) is 16.8 Å². The minimum atomic E-state index is -1.07. The standard InChI is InChI=1S/C33H25ClFN5O4/c1-19-8-11-22(17-36-19)23-4-2-5-25-24(23)14-15-39(31(25)29(41)16-20-9-12-21(13-10-20)33(43)44)32(42)27-18-40(38-37-27)28-7-3-6-26(34)30(28)35/h2-13,17-18,31H,14-16H2,1H3,(H,43,44). The predicted octanol–water partition coefficient (Wildman–Crippen LogP) is 5.68. The lowest BCUT2D eigenvalue weighted by atomic mass is 9.84. The zero-order valence-corrected chi connectivity index (χ0v) is 24.2. The van der Waals surface area contributed by atoms with Crippen molar-refractivity contribution in [2.45, 2.75) is 25.8 Å². The molecule has 0 radical (unpaired) electrons. The second-order valence-corrected chi connectivity index (χ2v) is 10.9. The van der Waals surface area contributed by atoms with Crippen LogP contribution in [0, 0.1) is 12.7 Å². The van der Waals surface area contributed by atoms with Crippen LogP contribution in [0.2, 0.25) is 5.02 Å². The summed E-state index contributed by atoms with van der Waals surface area (Å²) in [6.07, 6.45) is 3.54. The van der Waals surface area contributed by atoms with E-state index >= 15 is 0 Å². The van der Waals surface area contributed by atoms with Crippen LogP contribution in [0.5, 0.6) is 0 Å². The number of amides is 1. The number of ketones is 1. The normalized spacial score (nSPS) is 14.2. The molecule has 5 aromatic rings. The van der Waals surface area contributed by atoms with Crippen LogP contribution in [-0.2, 0) is 17.6 Å². The number of nitrogens with zero attached hydrogens (tertiary/aromatic N) is 5. The van der Waals surface area contributed by atoms with Crippen molar-refractivity contribution in [2.24, 2.45) is 0 Å². The van der Waals surface area contributed by atoms with Crippen LogP contribution < -0.4 is 0 Å². The molecule has 11 heteroatoms. The third-order valence-corrected chi connectivity index (χ3v) is 7.97. The van der Waals surface area contributed by atoms with Gasteiger partial charge in [0.25, 0.3) is 5.91 Å². The summed E-state index contributed by atoms with van der Waals surface area (Å²) in [6, 6.07) is 19.1. The van der Waals surface area contributed by atoms with E-state index in [0.29, 0.717) is 17.5 Å². The van der Waals surface area contributed by atoms with E-state index in [1.807, 2.05) is 37.3 Å². The van der Waals surface area contributed by atoms with Gasteiger partial charge in [0.1, 0.15) is 11.7 Å². The largest absolute Gasteiger partial charge is 0.478 e. The topological polar surface area (TPSA) is 118 Å². The van der Waals surface area contributed by atoms with E-state index in [1.54, 1.807) is 24.4 Å². The average Bonchev–Trinajstić information content (AvgIpc) is 3.52. The molecule has 0 saturated heterocycles. The molecule has 9 nitrogen and oxygen atoms in total. The van der Waals surface area contributed by atoms with Crippen molar-refractivity contribution >= 4 is 29.3 Å². The van der Waals surface area contributed by atoms with Crippen LogP contribution >= 0.6 is 11.6 Å². The van der Waals surface area contributed by atoms with E-state index in [2.05, 4.69) is 15.3 Å². The molecule has 3 aromatic carbocycles. The van der Waals surface area contributed by atoms with Gasteiger partial charge in [-0.1, -0.05) is 59.3 Å². The molecule has 0 saturated carbocycles. The Bertz CT molecular complexity index is 1910. The van der Waals surface area contributed by atoms with E-state index in [0.717, 1.165) is 27.1 Å². The zero-order valence-electron chi connectivity index (χ0n) is 23.4. The first-order valence-electron chi connectivity index (χ1n) is 13.8. The third-order valence-electron chi connectivity index (χ3n) is 7.68. The van der Waals surface area contributed by atoms with Gasteiger partial charge in [0, 0.05) is 30.4 Å². The van der Waals surface area contributed by atoms with Gasteiger partial charge in [-0.2, -0.15) is 0 Å². The Labute approximate surface area is 256 Å². The van der Waals surface area contributed by atoms with Crippen molar-refractivity contribution in [1.29, 1.82) is 0 Å². The fourth-order valence-corrected chi connectivity index (χ4v) is 5.66. The fourth-order valence-electron chi connectivity index (χ4n) is 5.49. The van der Waals surface area contributed by atoms with Crippen molar-refractivity contribution in [2.75, 3.05) is 6.54 Å². The summed E-state index contributed by atoms with van der Waals surface area (Å²) in [5.41, 5.74) is 5.01. The zero-order chi connectivity index (χ0) is 31.0. The van der Waals surface area contributed by atoms with Crippen LogP contribution in [0.25, 0.3) is 16.8 Å². The molecule has 2 aromatic heterocycles. The number of halogens is 2. The number of aromatic carboxylic acids is 1. The predicted molar refractivity (Wildman–Crippen MR) is 160 cm³/mol. The fraction of sp³-hybridized carbons (Fsp3) is 0.152. The lowest BCUT2D eigenvalue weighted by Crippen LogP contribution is -2.44. The van der Waals surface area contributed by atoms with Crippen LogP contribution in [0.4, 0.5) is 4.39 Å². The number of hydrogen-bond donors (Lipinski definition) is 1. The summed E-state index contributed by atoms with van der Waals surface area (Å²) in [7, 11) is 0. The van der Waals surface area contributed by atoms with E-state index in [4.69, 9.17) is 11.6 Å². The first-order valence-corrected chi connectivity index (χ1v) is 14.2. The van der Waals surface area contributed by atoms with Crippen molar-refractivity contribution in [1.82, 2.24) is 24.9 Å². The number of carbonyl (C=O) groups excluding carboxylic acids is 2. The number of Topliss-reactive ketones (excluding diaryl/α,β-unsaturated/α-hetero) is 1. The molecule has 0 spiro atoms. The first kappa shape index (κ1) is 28.9. The van der Waals surface area contributed by atoms with Gasteiger partial charge in [0.2, 0.25) is 0 Å². The number of benzene rings is 3.